The van der Waals surface area contributed by atoms with Crippen molar-refractivity contribution in [2.45, 2.75) is 53.0 Å². The maximum Gasteiger partial charge on any atom is 0.246 e. The number of nitrogens with zero attached hydrogens (tertiary/aromatic N) is 2. The molecule has 0 spiro atoms. The van der Waals surface area contributed by atoms with Crippen molar-refractivity contribution in [1.29, 1.82) is 0 Å². The molecule has 0 radical (unpaired) electrons. The normalized spacial score (nSPS) is 11.0. The first kappa shape index (κ1) is 20.8. The van der Waals surface area contributed by atoms with E-state index in [0.29, 0.717) is 12.1 Å². The average molecular weight is 390 g/mol. The minimum Gasteiger partial charge on any atom is -0.352 e. The zero-order chi connectivity index (χ0) is 20.8. The second kappa shape index (κ2) is 9.55. The first-order valence-corrected chi connectivity index (χ1v) is 10.4. The van der Waals surface area contributed by atoms with E-state index in [0.717, 1.165) is 43.6 Å². The van der Waals surface area contributed by atoms with Gasteiger partial charge in [0.25, 0.3) is 0 Å². The number of fused-ring (bicyclic) bond motifs is 1. The largest absolute Gasteiger partial charge is 0.352 e. The number of benzene rings is 2. The molecule has 1 heterocycles. The summed E-state index contributed by atoms with van der Waals surface area (Å²) in [6, 6.07) is 15.0. The van der Waals surface area contributed by atoms with Crippen LogP contribution in [0.3, 0.4) is 0 Å². The maximum atomic E-state index is 11.5. The molecule has 0 atom stereocenters. The van der Waals surface area contributed by atoms with Crippen molar-refractivity contribution in [2.75, 3.05) is 6.54 Å². The average Bonchev–Trinajstić information content (AvgIpc) is 3.04. The second-order valence-corrected chi connectivity index (χ2v) is 7.88. The van der Waals surface area contributed by atoms with E-state index in [1.165, 1.54) is 22.2 Å². The molecule has 3 aromatic rings. The second-order valence-electron chi connectivity index (χ2n) is 7.88. The molecule has 0 saturated carbocycles. The summed E-state index contributed by atoms with van der Waals surface area (Å²) in [5.74, 6) is 1.08. The van der Waals surface area contributed by atoms with E-state index < -0.39 is 0 Å². The fraction of sp³-hybridized carbons (Fsp3) is 0.360. The van der Waals surface area contributed by atoms with Gasteiger partial charge < -0.3 is 9.88 Å². The van der Waals surface area contributed by atoms with Gasteiger partial charge in [0, 0.05) is 25.1 Å². The van der Waals surface area contributed by atoms with Gasteiger partial charge in [0.1, 0.15) is 5.82 Å². The molecule has 0 unspecified atom stereocenters. The van der Waals surface area contributed by atoms with Crippen LogP contribution in [0.5, 0.6) is 0 Å². The zero-order valence-corrected chi connectivity index (χ0v) is 17.8. The summed E-state index contributed by atoms with van der Waals surface area (Å²) in [6.45, 7) is 11.3. The molecule has 4 nitrogen and oxygen atoms in total. The standard InChI is InChI=1S/C25H31N3O/c1-18(2)25(29)26-15-9-5-6-12-24-27-22-10-7-8-11-23(22)28(24)17-21-16-19(3)13-14-20(21)4/h7-8,10-11,13-14,16H,1,5-6,9,12,15,17H2,2-4H3,(H,26,29). The molecule has 29 heavy (non-hydrogen) atoms. The SMILES string of the molecule is C=C(C)C(=O)NCCCCCc1nc2ccccc2n1Cc1cc(C)ccc1C. The van der Waals surface area contributed by atoms with E-state index in [4.69, 9.17) is 4.98 Å². The van der Waals surface area contributed by atoms with Crippen LogP contribution in [-0.2, 0) is 17.8 Å². The Bertz CT molecular complexity index is 1020. The summed E-state index contributed by atoms with van der Waals surface area (Å²) in [6.07, 6.45) is 4.02. The Hall–Kier alpha value is -2.88. The summed E-state index contributed by atoms with van der Waals surface area (Å²) >= 11 is 0. The molecule has 0 saturated heterocycles. The monoisotopic (exact) mass is 389 g/mol. The van der Waals surface area contributed by atoms with Crippen LogP contribution in [0, 0.1) is 13.8 Å². The van der Waals surface area contributed by atoms with Crippen molar-refractivity contribution >= 4 is 16.9 Å². The number of rotatable bonds is 9. The zero-order valence-electron chi connectivity index (χ0n) is 17.8. The number of carbonyl (C=O) groups excluding carboxylic acids is 1. The molecule has 0 fully saturated rings. The molecule has 4 heteroatoms. The molecule has 0 bridgehead atoms. The van der Waals surface area contributed by atoms with E-state index in [-0.39, 0.29) is 5.91 Å². The molecule has 0 aliphatic heterocycles. The number of aromatic nitrogens is 2. The predicted octanol–water partition coefficient (Wildman–Crippen LogP) is 5.11. The summed E-state index contributed by atoms with van der Waals surface area (Å²) in [7, 11) is 0. The molecule has 1 N–H and O–H groups in total. The van der Waals surface area contributed by atoms with E-state index in [9.17, 15) is 4.79 Å². The molecule has 152 valence electrons. The first-order chi connectivity index (χ1) is 14.0. The highest BCUT2D eigenvalue weighted by Crippen LogP contribution is 2.21. The molecule has 0 aliphatic rings. The number of imidazole rings is 1. The number of para-hydroxylation sites is 2. The van der Waals surface area contributed by atoms with Gasteiger partial charge in [-0.05, 0) is 56.9 Å². The van der Waals surface area contributed by atoms with Crippen LogP contribution < -0.4 is 5.32 Å². The first-order valence-electron chi connectivity index (χ1n) is 10.4. The van der Waals surface area contributed by atoms with Crippen molar-refractivity contribution in [1.82, 2.24) is 14.9 Å². The predicted molar refractivity (Wildman–Crippen MR) is 120 cm³/mol. The van der Waals surface area contributed by atoms with Crippen LogP contribution in [0.25, 0.3) is 11.0 Å². The Labute approximate surface area is 173 Å². The minimum absolute atomic E-state index is 0.0553. The van der Waals surface area contributed by atoms with Crippen molar-refractivity contribution < 1.29 is 4.79 Å². The Morgan fingerprint density at radius 3 is 2.69 bits per heavy atom. The molecule has 0 aliphatic carbocycles. The van der Waals surface area contributed by atoms with E-state index in [1.807, 2.05) is 6.07 Å². The van der Waals surface area contributed by atoms with Gasteiger partial charge in [0.2, 0.25) is 5.91 Å². The van der Waals surface area contributed by atoms with Gasteiger partial charge in [-0.1, -0.05) is 48.9 Å². The van der Waals surface area contributed by atoms with Crippen LogP contribution in [0.1, 0.15) is 48.7 Å². The van der Waals surface area contributed by atoms with Crippen molar-refractivity contribution in [3.63, 3.8) is 0 Å². The number of aryl methyl sites for hydroxylation is 3. The number of unbranched alkanes of at least 4 members (excludes halogenated alkanes) is 2. The van der Waals surface area contributed by atoms with E-state index in [1.54, 1.807) is 6.92 Å². The van der Waals surface area contributed by atoms with Crippen molar-refractivity contribution in [2.24, 2.45) is 0 Å². The van der Waals surface area contributed by atoms with Crippen LogP contribution in [-0.4, -0.2) is 22.0 Å². The number of hydrogen-bond donors (Lipinski definition) is 1. The summed E-state index contributed by atoms with van der Waals surface area (Å²) in [5.41, 5.74) is 6.75. The maximum absolute atomic E-state index is 11.5. The lowest BCUT2D eigenvalue weighted by Gasteiger charge is -2.12. The lowest BCUT2D eigenvalue weighted by molar-refractivity contribution is -0.117. The van der Waals surface area contributed by atoms with Crippen LogP contribution in [0.4, 0.5) is 0 Å². The van der Waals surface area contributed by atoms with Crippen molar-refractivity contribution in [3.8, 4) is 0 Å². The van der Waals surface area contributed by atoms with Gasteiger partial charge in [0.05, 0.1) is 11.0 Å². The Morgan fingerprint density at radius 1 is 1.10 bits per heavy atom. The third kappa shape index (κ3) is 5.35. The van der Waals surface area contributed by atoms with Crippen molar-refractivity contribution in [3.05, 3.63) is 77.1 Å². The third-order valence-corrected chi connectivity index (χ3v) is 5.32. The smallest absolute Gasteiger partial charge is 0.246 e. The quantitative estimate of drug-likeness (QED) is 0.408. The fourth-order valence-electron chi connectivity index (χ4n) is 3.57. The van der Waals surface area contributed by atoms with Gasteiger partial charge in [-0.15, -0.1) is 0 Å². The Morgan fingerprint density at radius 2 is 1.90 bits per heavy atom. The number of hydrogen-bond acceptors (Lipinski definition) is 2. The topological polar surface area (TPSA) is 46.9 Å². The highest BCUT2D eigenvalue weighted by Gasteiger charge is 2.12. The molecular formula is C25H31N3O. The van der Waals surface area contributed by atoms with Gasteiger partial charge in [-0.3, -0.25) is 4.79 Å². The van der Waals surface area contributed by atoms with Crippen LogP contribution in [0.15, 0.2) is 54.6 Å². The van der Waals surface area contributed by atoms with Crippen LogP contribution in [0.2, 0.25) is 0 Å². The third-order valence-electron chi connectivity index (χ3n) is 5.32. The highest BCUT2D eigenvalue weighted by molar-refractivity contribution is 5.92. The molecular weight excluding hydrogens is 358 g/mol. The van der Waals surface area contributed by atoms with Gasteiger partial charge >= 0.3 is 0 Å². The van der Waals surface area contributed by atoms with E-state index >= 15 is 0 Å². The molecule has 1 amide bonds. The fourth-order valence-corrected chi connectivity index (χ4v) is 3.57. The lowest BCUT2D eigenvalue weighted by Crippen LogP contribution is -2.24. The number of amides is 1. The molecule has 1 aromatic heterocycles. The Balaban J connectivity index is 1.68. The number of carbonyl (C=O) groups is 1. The van der Waals surface area contributed by atoms with Gasteiger partial charge in [-0.2, -0.15) is 0 Å². The summed E-state index contributed by atoms with van der Waals surface area (Å²) < 4.78 is 2.36. The summed E-state index contributed by atoms with van der Waals surface area (Å²) in [5, 5.41) is 2.90. The number of nitrogens with one attached hydrogen (secondary N) is 1. The minimum atomic E-state index is -0.0553. The Kier molecular flexibility index (Phi) is 6.86. The molecule has 3 rings (SSSR count). The van der Waals surface area contributed by atoms with Gasteiger partial charge in [-0.25, -0.2) is 4.98 Å². The molecule has 2 aromatic carbocycles. The summed E-state index contributed by atoms with van der Waals surface area (Å²) in [4.78, 5) is 16.5. The highest BCUT2D eigenvalue weighted by atomic mass is 16.1. The van der Waals surface area contributed by atoms with Gasteiger partial charge in [0.15, 0.2) is 0 Å². The lowest BCUT2D eigenvalue weighted by atomic mass is 10.1. The van der Waals surface area contributed by atoms with Crippen LogP contribution >= 0.6 is 0 Å². The van der Waals surface area contributed by atoms with E-state index in [2.05, 4.69) is 66.7 Å².